The van der Waals surface area contributed by atoms with E-state index in [9.17, 15) is 17.6 Å². The van der Waals surface area contributed by atoms with Crippen LogP contribution in [0, 0.1) is 17.7 Å². The Morgan fingerprint density at radius 1 is 1.50 bits per heavy atom. The van der Waals surface area contributed by atoms with E-state index in [1.165, 1.54) is 11.0 Å². The number of rotatable bonds is 4. The molecule has 1 aliphatic carbocycles. The average Bonchev–Trinajstić information content (AvgIpc) is 3.03. The Labute approximate surface area is 121 Å². The van der Waals surface area contributed by atoms with Crippen molar-refractivity contribution in [3.8, 4) is 0 Å². The van der Waals surface area contributed by atoms with Gasteiger partial charge in [-0.1, -0.05) is 6.92 Å². The molecule has 110 valence electrons. The lowest BCUT2D eigenvalue weighted by Gasteiger charge is -2.17. The second kappa shape index (κ2) is 5.33. The van der Waals surface area contributed by atoms with E-state index in [0.717, 1.165) is 18.6 Å². The van der Waals surface area contributed by atoms with Crippen LogP contribution in [0.3, 0.4) is 0 Å². The number of hydrogen-bond donors (Lipinski definition) is 0. The van der Waals surface area contributed by atoms with Gasteiger partial charge in [-0.15, -0.1) is 0 Å². The zero-order valence-corrected chi connectivity index (χ0v) is 12.7. The van der Waals surface area contributed by atoms with Gasteiger partial charge < -0.3 is 4.90 Å². The van der Waals surface area contributed by atoms with E-state index >= 15 is 0 Å². The highest BCUT2D eigenvalue weighted by atomic mass is 35.7. The van der Waals surface area contributed by atoms with Crippen LogP contribution in [0.4, 0.5) is 4.39 Å². The average molecular weight is 320 g/mol. The number of carbonyl (C=O) groups is 1. The fourth-order valence-corrected chi connectivity index (χ4v) is 3.06. The van der Waals surface area contributed by atoms with Crippen LogP contribution in [-0.4, -0.2) is 32.8 Å². The molecule has 0 aromatic heterocycles. The minimum atomic E-state index is -4.21. The minimum absolute atomic E-state index is 0.112. The Bertz CT molecular complexity index is 647. The predicted molar refractivity (Wildman–Crippen MR) is 73.7 cm³/mol. The van der Waals surface area contributed by atoms with Crippen LogP contribution in [0.2, 0.25) is 0 Å². The van der Waals surface area contributed by atoms with Crippen LogP contribution in [0.1, 0.15) is 23.7 Å². The van der Waals surface area contributed by atoms with Crippen molar-refractivity contribution in [1.82, 2.24) is 4.90 Å². The third-order valence-corrected chi connectivity index (χ3v) is 4.91. The lowest BCUT2D eigenvalue weighted by molar-refractivity contribution is 0.0786. The van der Waals surface area contributed by atoms with Gasteiger partial charge in [0.15, 0.2) is 0 Å². The molecular weight excluding hydrogens is 305 g/mol. The zero-order valence-electron chi connectivity index (χ0n) is 11.1. The SMILES string of the molecule is CC1CC1CN(C)C(=O)c1ccc(F)c(S(=O)(=O)Cl)c1. The summed E-state index contributed by atoms with van der Waals surface area (Å²) in [4.78, 5) is 13.0. The molecule has 20 heavy (non-hydrogen) atoms. The molecule has 1 aromatic carbocycles. The normalized spacial score (nSPS) is 21.6. The van der Waals surface area contributed by atoms with Gasteiger partial charge >= 0.3 is 0 Å². The summed E-state index contributed by atoms with van der Waals surface area (Å²) in [6.45, 7) is 2.72. The van der Waals surface area contributed by atoms with Crippen LogP contribution < -0.4 is 0 Å². The largest absolute Gasteiger partial charge is 0.341 e. The van der Waals surface area contributed by atoms with E-state index < -0.39 is 19.8 Å². The van der Waals surface area contributed by atoms with E-state index in [0.29, 0.717) is 18.4 Å². The van der Waals surface area contributed by atoms with Crippen molar-refractivity contribution in [1.29, 1.82) is 0 Å². The van der Waals surface area contributed by atoms with Gasteiger partial charge in [-0.05, 0) is 36.5 Å². The third kappa shape index (κ3) is 3.30. The molecular formula is C13H15ClFNO3S. The summed E-state index contributed by atoms with van der Waals surface area (Å²) in [5.74, 6) is -0.210. The predicted octanol–water partition coefficient (Wildman–Crippen LogP) is 2.48. The molecule has 7 heteroatoms. The summed E-state index contributed by atoms with van der Waals surface area (Å²) in [6.07, 6.45) is 1.09. The Kier molecular flexibility index (Phi) is 4.07. The fraction of sp³-hybridized carbons (Fsp3) is 0.462. The molecule has 0 aliphatic heterocycles. The second-order valence-corrected chi connectivity index (χ2v) is 7.78. The Balaban J connectivity index is 2.22. The lowest BCUT2D eigenvalue weighted by atomic mass is 10.2. The third-order valence-electron chi connectivity index (χ3n) is 3.57. The topological polar surface area (TPSA) is 54.5 Å². The number of hydrogen-bond acceptors (Lipinski definition) is 3. The Hall–Kier alpha value is -1.14. The summed E-state index contributed by atoms with van der Waals surface area (Å²) in [5.41, 5.74) is 0.112. The lowest BCUT2D eigenvalue weighted by Crippen LogP contribution is -2.29. The molecule has 1 fully saturated rings. The molecule has 2 rings (SSSR count). The number of benzene rings is 1. The summed E-state index contributed by atoms with van der Waals surface area (Å²) in [6, 6.07) is 3.18. The van der Waals surface area contributed by atoms with Gasteiger partial charge in [0, 0.05) is 29.8 Å². The fourth-order valence-electron chi connectivity index (χ4n) is 2.13. The van der Waals surface area contributed by atoms with E-state index in [-0.39, 0.29) is 11.5 Å². The van der Waals surface area contributed by atoms with E-state index in [4.69, 9.17) is 10.7 Å². The maximum atomic E-state index is 13.4. The molecule has 0 saturated heterocycles. The van der Waals surface area contributed by atoms with Crippen molar-refractivity contribution in [3.05, 3.63) is 29.6 Å². The van der Waals surface area contributed by atoms with Crippen LogP contribution >= 0.6 is 10.7 Å². The van der Waals surface area contributed by atoms with Crippen LogP contribution in [0.25, 0.3) is 0 Å². The van der Waals surface area contributed by atoms with Crippen molar-refractivity contribution >= 4 is 25.6 Å². The molecule has 2 unspecified atom stereocenters. The standard InChI is InChI=1S/C13H15ClFNO3S/c1-8-5-10(8)7-16(2)13(17)9-3-4-11(15)12(6-9)20(14,18)19/h3-4,6,8,10H,5,7H2,1-2H3. The molecule has 0 N–H and O–H groups in total. The van der Waals surface area contributed by atoms with Crippen molar-refractivity contribution in [2.24, 2.45) is 11.8 Å². The van der Waals surface area contributed by atoms with Crippen molar-refractivity contribution in [3.63, 3.8) is 0 Å². The van der Waals surface area contributed by atoms with Gasteiger partial charge in [-0.3, -0.25) is 4.79 Å². The zero-order chi connectivity index (χ0) is 15.1. The maximum Gasteiger partial charge on any atom is 0.264 e. The summed E-state index contributed by atoms with van der Waals surface area (Å²) in [5, 5.41) is 0. The van der Waals surface area contributed by atoms with Gasteiger partial charge in [0.1, 0.15) is 10.7 Å². The summed E-state index contributed by atoms with van der Waals surface area (Å²) < 4.78 is 35.9. The van der Waals surface area contributed by atoms with E-state index in [2.05, 4.69) is 6.92 Å². The van der Waals surface area contributed by atoms with E-state index in [1.807, 2.05) is 0 Å². The molecule has 4 nitrogen and oxygen atoms in total. The van der Waals surface area contributed by atoms with E-state index in [1.54, 1.807) is 7.05 Å². The summed E-state index contributed by atoms with van der Waals surface area (Å²) in [7, 11) is 2.58. The molecule has 0 heterocycles. The molecule has 0 bridgehead atoms. The van der Waals surface area contributed by atoms with Crippen molar-refractivity contribution in [2.45, 2.75) is 18.2 Å². The monoisotopic (exact) mass is 319 g/mol. The van der Waals surface area contributed by atoms with Crippen molar-refractivity contribution in [2.75, 3.05) is 13.6 Å². The molecule has 1 aliphatic rings. The Morgan fingerprint density at radius 3 is 2.60 bits per heavy atom. The molecule has 1 aromatic rings. The quantitative estimate of drug-likeness (QED) is 0.801. The molecule has 0 radical (unpaired) electrons. The highest BCUT2D eigenvalue weighted by Crippen LogP contribution is 2.38. The number of nitrogens with zero attached hydrogens (tertiary/aromatic N) is 1. The smallest absolute Gasteiger partial charge is 0.264 e. The minimum Gasteiger partial charge on any atom is -0.341 e. The summed E-state index contributed by atoms with van der Waals surface area (Å²) >= 11 is 0. The first-order valence-electron chi connectivity index (χ1n) is 6.20. The van der Waals surface area contributed by atoms with Gasteiger partial charge in [0.05, 0.1) is 0 Å². The van der Waals surface area contributed by atoms with Crippen LogP contribution in [0.5, 0.6) is 0 Å². The molecule has 1 amide bonds. The maximum absolute atomic E-state index is 13.4. The van der Waals surface area contributed by atoms with Crippen molar-refractivity contribution < 1.29 is 17.6 Å². The van der Waals surface area contributed by atoms with Gasteiger partial charge in [-0.25, -0.2) is 12.8 Å². The molecule has 2 atom stereocenters. The Morgan fingerprint density at radius 2 is 2.10 bits per heavy atom. The van der Waals surface area contributed by atoms with Crippen LogP contribution in [-0.2, 0) is 9.05 Å². The number of carbonyl (C=O) groups excluding carboxylic acids is 1. The number of halogens is 2. The van der Waals surface area contributed by atoms with Gasteiger partial charge in [-0.2, -0.15) is 0 Å². The second-order valence-electron chi connectivity index (χ2n) is 5.24. The highest BCUT2D eigenvalue weighted by Gasteiger charge is 2.34. The van der Waals surface area contributed by atoms with Gasteiger partial charge in [0.2, 0.25) is 0 Å². The number of amides is 1. The highest BCUT2D eigenvalue weighted by molar-refractivity contribution is 8.13. The van der Waals surface area contributed by atoms with Gasteiger partial charge in [0.25, 0.3) is 15.0 Å². The molecule has 1 saturated carbocycles. The first-order chi connectivity index (χ1) is 9.20. The first kappa shape index (κ1) is 15.3. The molecule has 0 spiro atoms. The first-order valence-corrected chi connectivity index (χ1v) is 8.50. The van der Waals surface area contributed by atoms with Crippen LogP contribution in [0.15, 0.2) is 23.1 Å².